The van der Waals surface area contributed by atoms with Gasteiger partial charge in [-0.3, -0.25) is 4.90 Å². The lowest BCUT2D eigenvalue weighted by Crippen LogP contribution is -2.44. The molecule has 1 aromatic carbocycles. The summed E-state index contributed by atoms with van der Waals surface area (Å²) in [4.78, 5) is 14.0. The molecular formula is C15H20N2O. The van der Waals surface area contributed by atoms with Crippen molar-refractivity contribution in [3.05, 3.63) is 29.8 Å². The molecule has 3 nitrogen and oxygen atoms in total. The first-order valence-electron chi connectivity index (χ1n) is 6.85. The second-order valence-electron chi connectivity index (χ2n) is 5.69. The molecule has 1 spiro atoms. The second kappa shape index (κ2) is 4.30. The van der Waals surface area contributed by atoms with Gasteiger partial charge in [-0.15, -0.1) is 0 Å². The first kappa shape index (κ1) is 11.6. The zero-order valence-corrected chi connectivity index (χ0v) is 10.9. The molecule has 18 heavy (non-hydrogen) atoms. The number of anilines is 1. The van der Waals surface area contributed by atoms with Crippen LogP contribution in [0.1, 0.15) is 37.7 Å². The van der Waals surface area contributed by atoms with E-state index in [1.807, 2.05) is 17.0 Å². The van der Waals surface area contributed by atoms with Gasteiger partial charge in [-0.2, -0.15) is 0 Å². The lowest BCUT2D eigenvalue weighted by atomic mass is 9.82. The number of rotatable bonds is 1. The SMILES string of the molecule is Cc1ccc(N2CC3(CCCCC3)NC2=O)cc1. The van der Waals surface area contributed by atoms with Crippen molar-refractivity contribution < 1.29 is 4.79 Å². The van der Waals surface area contributed by atoms with Crippen molar-refractivity contribution in [2.75, 3.05) is 11.4 Å². The summed E-state index contributed by atoms with van der Waals surface area (Å²) in [5.41, 5.74) is 2.28. The van der Waals surface area contributed by atoms with Crippen LogP contribution < -0.4 is 10.2 Å². The van der Waals surface area contributed by atoms with Gasteiger partial charge in [0.1, 0.15) is 0 Å². The molecule has 3 heteroatoms. The maximum atomic E-state index is 12.1. The van der Waals surface area contributed by atoms with E-state index in [0.717, 1.165) is 25.1 Å². The third kappa shape index (κ3) is 1.98. The van der Waals surface area contributed by atoms with Gasteiger partial charge in [0.15, 0.2) is 0 Å². The molecule has 0 atom stereocenters. The van der Waals surface area contributed by atoms with Gasteiger partial charge in [-0.1, -0.05) is 37.0 Å². The van der Waals surface area contributed by atoms with Gasteiger partial charge in [0.2, 0.25) is 0 Å². The Morgan fingerprint density at radius 2 is 1.78 bits per heavy atom. The highest BCUT2D eigenvalue weighted by Crippen LogP contribution is 2.34. The number of urea groups is 1. The fourth-order valence-electron chi connectivity index (χ4n) is 3.15. The number of amides is 2. The number of carbonyl (C=O) groups is 1. The fraction of sp³-hybridized carbons (Fsp3) is 0.533. The zero-order valence-electron chi connectivity index (χ0n) is 10.9. The van der Waals surface area contributed by atoms with E-state index in [4.69, 9.17) is 0 Å². The van der Waals surface area contributed by atoms with Crippen LogP contribution in [0.3, 0.4) is 0 Å². The Morgan fingerprint density at radius 1 is 1.11 bits per heavy atom. The topological polar surface area (TPSA) is 32.3 Å². The van der Waals surface area contributed by atoms with Crippen molar-refractivity contribution in [2.24, 2.45) is 0 Å². The first-order valence-corrected chi connectivity index (χ1v) is 6.85. The molecule has 1 saturated heterocycles. The van der Waals surface area contributed by atoms with E-state index in [0.29, 0.717) is 0 Å². The van der Waals surface area contributed by atoms with Gasteiger partial charge in [-0.25, -0.2) is 4.79 Å². The van der Waals surface area contributed by atoms with Crippen molar-refractivity contribution in [3.8, 4) is 0 Å². The Kier molecular flexibility index (Phi) is 2.77. The summed E-state index contributed by atoms with van der Waals surface area (Å²) in [6, 6.07) is 8.27. The molecule has 0 bridgehead atoms. The molecule has 96 valence electrons. The van der Waals surface area contributed by atoms with E-state index < -0.39 is 0 Å². The van der Waals surface area contributed by atoms with Crippen LogP contribution in [-0.2, 0) is 0 Å². The number of aryl methyl sites for hydroxylation is 1. The highest BCUT2D eigenvalue weighted by Gasteiger charge is 2.43. The molecule has 1 heterocycles. The van der Waals surface area contributed by atoms with Crippen molar-refractivity contribution in [1.82, 2.24) is 5.32 Å². The summed E-state index contributed by atoms with van der Waals surface area (Å²) in [6.45, 7) is 2.89. The number of carbonyl (C=O) groups excluding carboxylic acids is 1. The Labute approximate surface area is 108 Å². The number of nitrogens with one attached hydrogen (secondary N) is 1. The van der Waals surface area contributed by atoms with Crippen LogP contribution in [0.15, 0.2) is 24.3 Å². The van der Waals surface area contributed by atoms with Gasteiger partial charge in [0, 0.05) is 5.69 Å². The minimum absolute atomic E-state index is 0.0419. The molecule has 3 rings (SSSR count). The molecule has 2 aliphatic rings. The van der Waals surface area contributed by atoms with Gasteiger partial charge in [-0.05, 0) is 31.9 Å². The Morgan fingerprint density at radius 3 is 2.44 bits per heavy atom. The average molecular weight is 244 g/mol. The minimum atomic E-state index is 0.0419. The summed E-state index contributed by atoms with van der Waals surface area (Å²) in [7, 11) is 0. The number of benzene rings is 1. The predicted molar refractivity (Wildman–Crippen MR) is 72.9 cm³/mol. The molecule has 0 aromatic heterocycles. The predicted octanol–water partition coefficient (Wildman–Crippen LogP) is 3.23. The number of nitrogens with zero attached hydrogens (tertiary/aromatic N) is 1. The van der Waals surface area contributed by atoms with Gasteiger partial charge in [0.25, 0.3) is 0 Å². The second-order valence-corrected chi connectivity index (χ2v) is 5.69. The maximum Gasteiger partial charge on any atom is 0.322 e. The van der Waals surface area contributed by atoms with E-state index in [9.17, 15) is 4.79 Å². The molecule has 2 fully saturated rings. The molecule has 1 N–H and O–H groups in total. The summed E-state index contributed by atoms with van der Waals surface area (Å²) in [6.07, 6.45) is 6.04. The number of hydrogen-bond donors (Lipinski definition) is 1. The summed E-state index contributed by atoms with van der Waals surface area (Å²) < 4.78 is 0. The van der Waals surface area contributed by atoms with E-state index in [1.54, 1.807) is 0 Å². The van der Waals surface area contributed by atoms with Crippen LogP contribution in [0.4, 0.5) is 10.5 Å². The lowest BCUT2D eigenvalue weighted by Gasteiger charge is -2.32. The third-order valence-corrected chi connectivity index (χ3v) is 4.23. The smallest absolute Gasteiger partial charge is 0.322 e. The first-order chi connectivity index (χ1) is 8.69. The Balaban J connectivity index is 1.82. The standard InChI is InChI=1S/C15H20N2O/c1-12-5-7-13(8-6-12)17-11-15(16-14(17)18)9-3-2-4-10-15/h5-8H,2-4,9-11H2,1H3,(H,16,18). The normalized spacial score (nSPS) is 22.3. The largest absolute Gasteiger partial charge is 0.330 e. The Bertz CT molecular complexity index is 446. The average Bonchev–Trinajstić information content (AvgIpc) is 2.68. The highest BCUT2D eigenvalue weighted by molar-refractivity contribution is 5.95. The maximum absolute atomic E-state index is 12.1. The summed E-state index contributed by atoms with van der Waals surface area (Å²) in [5, 5.41) is 3.22. The van der Waals surface area contributed by atoms with Crippen molar-refractivity contribution in [1.29, 1.82) is 0 Å². The molecule has 2 amide bonds. The quantitative estimate of drug-likeness (QED) is 0.808. The third-order valence-electron chi connectivity index (χ3n) is 4.23. The fourth-order valence-corrected chi connectivity index (χ4v) is 3.15. The molecule has 0 unspecified atom stereocenters. The Hall–Kier alpha value is -1.51. The van der Waals surface area contributed by atoms with E-state index in [2.05, 4.69) is 24.4 Å². The highest BCUT2D eigenvalue weighted by atomic mass is 16.2. The van der Waals surface area contributed by atoms with Crippen LogP contribution in [0.2, 0.25) is 0 Å². The van der Waals surface area contributed by atoms with E-state index in [-0.39, 0.29) is 11.6 Å². The minimum Gasteiger partial charge on any atom is -0.330 e. The molecule has 1 aliphatic heterocycles. The molecule has 0 radical (unpaired) electrons. The van der Waals surface area contributed by atoms with Crippen molar-refractivity contribution >= 4 is 11.7 Å². The van der Waals surface area contributed by atoms with Crippen LogP contribution in [0, 0.1) is 6.92 Å². The van der Waals surface area contributed by atoms with Crippen molar-refractivity contribution in [2.45, 2.75) is 44.6 Å². The van der Waals surface area contributed by atoms with Crippen molar-refractivity contribution in [3.63, 3.8) is 0 Å². The van der Waals surface area contributed by atoms with E-state index in [1.165, 1.54) is 24.8 Å². The number of hydrogen-bond acceptors (Lipinski definition) is 1. The summed E-state index contributed by atoms with van der Waals surface area (Å²) >= 11 is 0. The van der Waals surface area contributed by atoms with E-state index >= 15 is 0 Å². The van der Waals surface area contributed by atoms with Crippen LogP contribution in [0.25, 0.3) is 0 Å². The molecule has 1 aromatic rings. The lowest BCUT2D eigenvalue weighted by molar-refractivity contribution is 0.237. The zero-order chi connectivity index (χ0) is 12.6. The summed E-state index contributed by atoms with van der Waals surface area (Å²) in [5.74, 6) is 0. The van der Waals surface area contributed by atoms with Crippen LogP contribution in [-0.4, -0.2) is 18.1 Å². The van der Waals surface area contributed by atoms with Crippen LogP contribution in [0.5, 0.6) is 0 Å². The molecule has 1 saturated carbocycles. The van der Waals surface area contributed by atoms with Gasteiger partial charge >= 0.3 is 6.03 Å². The molecule has 1 aliphatic carbocycles. The van der Waals surface area contributed by atoms with Gasteiger partial charge in [0.05, 0.1) is 12.1 Å². The monoisotopic (exact) mass is 244 g/mol. The van der Waals surface area contributed by atoms with Gasteiger partial charge < -0.3 is 5.32 Å². The molecular weight excluding hydrogens is 224 g/mol. The van der Waals surface area contributed by atoms with Crippen LogP contribution >= 0.6 is 0 Å².